The van der Waals surface area contributed by atoms with E-state index in [0.29, 0.717) is 28.1 Å². The molecule has 2 atom stereocenters. The van der Waals surface area contributed by atoms with Gasteiger partial charge in [-0.05, 0) is 68.1 Å². The summed E-state index contributed by atoms with van der Waals surface area (Å²) in [5.74, 6) is 0.308. The van der Waals surface area contributed by atoms with E-state index in [1.807, 2.05) is 0 Å². The molecule has 0 radical (unpaired) electrons. The van der Waals surface area contributed by atoms with Crippen LogP contribution >= 0.6 is 0 Å². The number of aromatic nitrogens is 4. The normalized spacial score (nSPS) is 14.3. The molecule has 3 aromatic heterocycles. The van der Waals surface area contributed by atoms with Crippen molar-refractivity contribution in [3.05, 3.63) is 54.2 Å². The zero-order valence-corrected chi connectivity index (χ0v) is 19.0. The molecule has 0 aliphatic heterocycles. The van der Waals surface area contributed by atoms with E-state index in [0.717, 1.165) is 0 Å². The molecule has 0 saturated carbocycles. The van der Waals surface area contributed by atoms with E-state index in [1.165, 1.54) is 32.4 Å². The van der Waals surface area contributed by atoms with Gasteiger partial charge >= 0.3 is 0 Å². The van der Waals surface area contributed by atoms with Gasteiger partial charge in [0.1, 0.15) is 5.82 Å². The molecule has 31 heavy (non-hydrogen) atoms. The highest BCUT2D eigenvalue weighted by Crippen LogP contribution is 2.37. The van der Waals surface area contributed by atoms with E-state index in [4.69, 9.17) is 5.73 Å². The number of rotatable bonds is 6. The first-order chi connectivity index (χ1) is 14.5. The minimum atomic E-state index is -2.43. The van der Waals surface area contributed by atoms with E-state index in [-0.39, 0.29) is 11.6 Å². The smallest absolute Gasteiger partial charge is 0.163 e. The molecule has 2 N–H and O–H groups in total. The van der Waals surface area contributed by atoms with Gasteiger partial charge in [0.2, 0.25) is 0 Å². The maximum absolute atomic E-state index is 11.8. The van der Waals surface area contributed by atoms with E-state index in [9.17, 15) is 17.5 Å². The molecule has 0 saturated heterocycles. The summed E-state index contributed by atoms with van der Waals surface area (Å²) in [4.78, 5) is 17.2. The van der Waals surface area contributed by atoms with Gasteiger partial charge in [-0.1, -0.05) is 6.07 Å². The Morgan fingerprint density at radius 1 is 0.806 bits per heavy atom. The molecule has 0 aromatic carbocycles. The van der Waals surface area contributed by atoms with Crippen LogP contribution in [0.4, 0.5) is 5.82 Å². The number of hydrogen-bond donors (Lipinski definition) is 1. The molecule has 0 aliphatic carbocycles. The predicted molar refractivity (Wildman–Crippen MR) is 117 cm³/mol. The minimum absolute atomic E-state index is 0.0996. The highest BCUT2D eigenvalue weighted by Gasteiger charge is 2.30. The molecule has 9 nitrogen and oxygen atoms in total. The first-order valence-corrected chi connectivity index (χ1v) is 11.4. The second kappa shape index (κ2) is 8.50. The van der Waals surface area contributed by atoms with Crippen molar-refractivity contribution in [2.75, 3.05) is 5.73 Å². The van der Waals surface area contributed by atoms with Gasteiger partial charge in [0, 0.05) is 35.3 Å². The van der Waals surface area contributed by atoms with Crippen LogP contribution in [0, 0.1) is 0 Å². The van der Waals surface area contributed by atoms with Gasteiger partial charge in [-0.15, -0.1) is 0 Å². The van der Waals surface area contributed by atoms with E-state index >= 15 is 0 Å². The highest BCUT2D eigenvalue weighted by molar-refractivity contribution is 7.80. The Morgan fingerprint density at radius 2 is 1.29 bits per heavy atom. The first-order valence-electron chi connectivity index (χ1n) is 9.21. The van der Waals surface area contributed by atoms with Crippen molar-refractivity contribution >= 4 is 28.0 Å². The maximum Gasteiger partial charge on any atom is 0.163 e. The lowest BCUT2D eigenvalue weighted by Crippen LogP contribution is -2.26. The van der Waals surface area contributed by atoms with Gasteiger partial charge in [-0.3, -0.25) is 18.4 Å². The van der Waals surface area contributed by atoms with Crippen LogP contribution in [0.1, 0.15) is 39.1 Å². The summed E-state index contributed by atoms with van der Waals surface area (Å²) in [5, 5.41) is 0. The monoisotopic (exact) mass is 459 g/mol. The zero-order valence-electron chi connectivity index (χ0n) is 17.4. The molecule has 164 valence electrons. The van der Waals surface area contributed by atoms with E-state index in [2.05, 4.69) is 19.9 Å². The van der Waals surface area contributed by atoms with Gasteiger partial charge < -0.3 is 14.8 Å². The summed E-state index contributed by atoms with van der Waals surface area (Å²) in [5.41, 5.74) is 8.18. The number of nitrogens with zero attached hydrogens (tertiary/aromatic N) is 4. The lowest BCUT2D eigenvalue weighted by Gasteiger charge is -2.29. The Bertz CT molecular complexity index is 1180. The fraction of sp³-hybridized carbons (Fsp3) is 0.300. The van der Waals surface area contributed by atoms with Crippen LogP contribution in [-0.2, 0) is 31.7 Å². The third-order valence-electron chi connectivity index (χ3n) is 4.94. The third kappa shape index (κ3) is 4.26. The van der Waals surface area contributed by atoms with Crippen LogP contribution in [0.15, 0.2) is 42.9 Å². The van der Waals surface area contributed by atoms with Gasteiger partial charge in [0.15, 0.2) is 5.82 Å². The average Bonchev–Trinajstić information content (AvgIpc) is 2.73. The highest BCUT2D eigenvalue weighted by atomic mass is 32.2. The fourth-order valence-corrected chi connectivity index (χ4v) is 3.70. The number of nitrogens with two attached hydrogens (primary N) is 1. The summed E-state index contributed by atoms with van der Waals surface area (Å²) >= 11 is -4.86. The number of hydrogen-bond acceptors (Lipinski definition) is 9. The summed E-state index contributed by atoms with van der Waals surface area (Å²) in [6.45, 7) is 6.15. The lowest BCUT2D eigenvalue weighted by molar-refractivity contribution is 0.496. The van der Waals surface area contributed by atoms with Gasteiger partial charge in [0.05, 0.1) is 20.9 Å². The molecular weight excluding hydrogens is 438 g/mol. The summed E-state index contributed by atoms with van der Waals surface area (Å²) < 4.78 is 44.4. The summed E-state index contributed by atoms with van der Waals surface area (Å²) in [6, 6.07) is 6.69. The predicted octanol–water partition coefficient (Wildman–Crippen LogP) is 2.41. The van der Waals surface area contributed by atoms with Gasteiger partial charge in [-0.25, -0.2) is 9.97 Å². The van der Waals surface area contributed by atoms with Crippen molar-refractivity contribution in [2.24, 2.45) is 0 Å². The van der Waals surface area contributed by atoms with E-state index in [1.54, 1.807) is 38.1 Å². The molecule has 0 amide bonds. The average molecular weight is 460 g/mol. The maximum atomic E-state index is 11.8. The quantitative estimate of drug-likeness (QED) is 0.546. The first kappa shape index (κ1) is 23.1. The van der Waals surface area contributed by atoms with Gasteiger partial charge in [0.25, 0.3) is 0 Å². The molecule has 0 fully saturated rings. The molecule has 11 heteroatoms. The molecular formula is C20H21N5O4S2-2. The largest absolute Gasteiger partial charge is 0.772 e. The number of anilines is 1. The zero-order chi connectivity index (χ0) is 23.0. The molecule has 3 heterocycles. The van der Waals surface area contributed by atoms with Crippen molar-refractivity contribution in [3.63, 3.8) is 0 Å². The van der Waals surface area contributed by atoms with Crippen LogP contribution < -0.4 is 5.73 Å². The van der Waals surface area contributed by atoms with E-state index < -0.39 is 31.7 Å². The topological polar surface area (TPSA) is 158 Å². The third-order valence-corrected chi connectivity index (χ3v) is 6.99. The number of nitrogen functional groups attached to an aromatic ring is 1. The molecule has 3 aromatic rings. The SMILES string of the molecule is CC(C)(c1ncccc1-c1ncc(-c2cccnc2C(C)(C)S(=O)[O-])c(N)n1)S(=O)[O-]. The molecule has 2 unspecified atom stereocenters. The van der Waals surface area contributed by atoms with Crippen LogP contribution in [0.2, 0.25) is 0 Å². The van der Waals surface area contributed by atoms with Crippen LogP contribution in [-0.4, -0.2) is 37.5 Å². The fourth-order valence-electron chi connectivity index (χ4n) is 3.06. The van der Waals surface area contributed by atoms with Crippen LogP contribution in [0.3, 0.4) is 0 Å². The summed E-state index contributed by atoms with van der Waals surface area (Å²) in [7, 11) is 0. The molecule has 0 aliphatic rings. The van der Waals surface area contributed by atoms with Crippen LogP contribution in [0.5, 0.6) is 0 Å². The Morgan fingerprint density at radius 3 is 1.77 bits per heavy atom. The Hall–Kier alpha value is -2.60. The molecule has 3 rings (SSSR count). The second-order valence-corrected chi connectivity index (χ2v) is 10.8. The lowest BCUT2D eigenvalue weighted by atomic mass is 9.98. The standard InChI is InChI=1S/C20H23N5O4S2/c1-19(2,30(26)27)15-12(7-5-9-22-15)14-11-24-18(25-17(14)21)13-8-6-10-23-16(13)20(3,4)31(28)29/h5-11H,1-4H3,(H,26,27)(H,28,29)(H2,21,24,25)/p-2. The Balaban J connectivity index is 2.15. The molecule has 0 spiro atoms. The van der Waals surface area contributed by atoms with Crippen molar-refractivity contribution in [2.45, 2.75) is 37.2 Å². The Kier molecular flexibility index (Phi) is 6.33. The number of pyridine rings is 2. The second-order valence-electron chi connectivity index (χ2n) is 7.78. The minimum Gasteiger partial charge on any atom is -0.772 e. The van der Waals surface area contributed by atoms with Gasteiger partial charge in [-0.2, -0.15) is 0 Å². The van der Waals surface area contributed by atoms with Crippen LogP contribution in [0.25, 0.3) is 22.5 Å². The summed E-state index contributed by atoms with van der Waals surface area (Å²) in [6.07, 6.45) is 4.48. The van der Waals surface area contributed by atoms with Crippen molar-refractivity contribution in [1.29, 1.82) is 0 Å². The Labute approximate surface area is 185 Å². The van der Waals surface area contributed by atoms with Crippen molar-refractivity contribution < 1.29 is 17.5 Å². The molecule has 0 bridgehead atoms. The van der Waals surface area contributed by atoms with Crippen molar-refractivity contribution in [1.82, 2.24) is 19.9 Å². The van der Waals surface area contributed by atoms with Crippen molar-refractivity contribution in [3.8, 4) is 22.5 Å².